The van der Waals surface area contributed by atoms with Crippen LogP contribution in [0.25, 0.3) is 0 Å². The van der Waals surface area contributed by atoms with E-state index in [2.05, 4.69) is 31.5 Å². The zero-order chi connectivity index (χ0) is 18.4. The number of hydrogen-bond donors (Lipinski definition) is 1. The van der Waals surface area contributed by atoms with E-state index in [0.717, 1.165) is 24.0 Å². The number of nitrogens with one attached hydrogen (secondary N) is 1. The molecule has 1 N–H and O–H groups in total. The highest BCUT2D eigenvalue weighted by Gasteiger charge is 2.11. The van der Waals surface area contributed by atoms with E-state index in [0.29, 0.717) is 18.5 Å². The summed E-state index contributed by atoms with van der Waals surface area (Å²) in [7, 11) is 0. The van der Waals surface area contributed by atoms with Gasteiger partial charge in [0.25, 0.3) is 0 Å². The largest absolute Gasteiger partial charge is 0.356 e. The predicted octanol–water partition coefficient (Wildman–Crippen LogP) is 4.61. The smallest absolute Gasteiger partial charge is 0.216 e. The van der Waals surface area contributed by atoms with Crippen LogP contribution in [0.4, 0.5) is 0 Å². The summed E-state index contributed by atoms with van der Waals surface area (Å²) in [6.45, 7) is 13.4. The Morgan fingerprint density at radius 3 is 2.38 bits per heavy atom. The third-order valence-corrected chi connectivity index (χ3v) is 3.34. The maximum Gasteiger partial charge on any atom is 0.216 e. The lowest BCUT2D eigenvalue weighted by Gasteiger charge is -2.10. The topological polar surface area (TPSA) is 46.2 Å². The van der Waals surface area contributed by atoms with Crippen molar-refractivity contribution in [2.45, 2.75) is 40.0 Å². The summed E-state index contributed by atoms with van der Waals surface area (Å²) < 4.78 is 0. The van der Waals surface area contributed by atoms with Gasteiger partial charge in [0.2, 0.25) is 5.91 Å². The van der Waals surface area contributed by atoms with Crippen molar-refractivity contribution in [1.29, 1.82) is 0 Å². The van der Waals surface area contributed by atoms with Gasteiger partial charge in [0.05, 0.1) is 0 Å². The van der Waals surface area contributed by atoms with Gasteiger partial charge in [-0.25, -0.2) is 0 Å². The van der Waals surface area contributed by atoms with Crippen molar-refractivity contribution in [1.82, 2.24) is 5.32 Å². The fourth-order valence-electron chi connectivity index (χ4n) is 2.07. The quantitative estimate of drug-likeness (QED) is 0.445. The van der Waals surface area contributed by atoms with Gasteiger partial charge in [0.1, 0.15) is 0 Å². The van der Waals surface area contributed by atoms with Crippen molar-refractivity contribution < 1.29 is 9.59 Å². The van der Waals surface area contributed by atoms with Gasteiger partial charge in [-0.3, -0.25) is 9.59 Å². The molecule has 1 amide bonds. The van der Waals surface area contributed by atoms with Crippen LogP contribution in [0.3, 0.4) is 0 Å². The van der Waals surface area contributed by atoms with Gasteiger partial charge in [-0.15, -0.1) is 0 Å². The summed E-state index contributed by atoms with van der Waals surface area (Å²) >= 11 is 0. The van der Waals surface area contributed by atoms with Crippen LogP contribution < -0.4 is 5.32 Å². The summed E-state index contributed by atoms with van der Waals surface area (Å²) in [4.78, 5) is 23.5. The molecule has 0 aromatic heterocycles. The van der Waals surface area contributed by atoms with Crippen molar-refractivity contribution in [2.24, 2.45) is 0 Å². The minimum absolute atomic E-state index is 0.0809. The van der Waals surface area contributed by atoms with Crippen LogP contribution in [0, 0.1) is 0 Å². The number of ketones is 1. The highest BCUT2D eigenvalue weighted by atomic mass is 16.1. The standard InChI is InChI=1S/C21H29NO2/c1-6-10-12-18(8-3)13-14-21(24)20(11-7-2)19(9-4)15-16-22-17(5)23/h7-9,11-14H,2-3,6,10,15-16H2,1,4-5H3,(H,22,23)/b14-13+,18-12+,19-9-,20-11+. The van der Waals surface area contributed by atoms with Crippen LogP contribution in [0.1, 0.15) is 40.0 Å². The molecule has 0 bridgehead atoms. The Bertz CT molecular complexity index is 575. The second kappa shape index (κ2) is 13.1. The second-order valence-corrected chi connectivity index (χ2v) is 5.26. The minimum Gasteiger partial charge on any atom is -0.356 e. The highest BCUT2D eigenvalue weighted by molar-refractivity contribution is 6.07. The van der Waals surface area contributed by atoms with Gasteiger partial charge in [-0.05, 0) is 37.0 Å². The number of unbranched alkanes of at least 4 members (excludes halogenated alkanes) is 1. The third-order valence-electron chi connectivity index (χ3n) is 3.34. The lowest BCUT2D eigenvalue weighted by molar-refractivity contribution is -0.118. The van der Waals surface area contributed by atoms with E-state index >= 15 is 0 Å². The maximum absolute atomic E-state index is 12.5. The summed E-state index contributed by atoms with van der Waals surface area (Å²) in [5, 5.41) is 2.74. The Hall–Kier alpha value is -2.42. The van der Waals surface area contributed by atoms with E-state index in [1.165, 1.54) is 6.92 Å². The zero-order valence-electron chi connectivity index (χ0n) is 15.1. The molecule has 0 aliphatic rings. The van der Waals surface area contributed by atoms with E-state index in [1.807, 2.05) is 13.0 Å². The van der Waals surface area contributed by atoms with Crippen molar-refractivity contribution >= 4 is 11.7 Å². The Labute approximate surface area is 146 Å². The normalized spacial score (nSPS) is 13.0. The molecular weight excluding hydrogens is 298 g/mol. The molecule has 0 saturated heterocycles. The molecule has 130 valence electrons. The Morgan fingerprint density at radius 1 is 1.17 bits per heavy atom. The van der Waals surface area contributed by atoms with Crippen LogP contribution >= 0.6 is 0 Å². The SMILES string of the molecule is C=C/C=C(C(=O)/C=C/C(C=C)=C/CCC)\C(=C/C)CCNC(C)=O. The molecule has 0 rings (SSSR count). The maximum atomic E-state index is 12.5. The molecule has 3 nitrogen and oxygen atoms in total. The average molecular weight is 327 g/mol. The number of carbonyl (C=O) groups excluding carboxylic acids is 2. The van der Waals surface area contributed by atoms with Gasteiger partial charge in [0.15, 0.2) is 5.78 Å². The van der Waals surface area contributed by atoms with Crippen LogP contribution in [0.5, 0.6) is 0 Å². The van der Waals surface area contributed by atoms with E-state index in [1.54, 1.807) is 30.4 Å². The predicted molar refractivity (Wildman–Crippen MR) is 103 cm³/mol. The molecule has 0 aromatic rings. The van der Waals surface area contributed by atoms with Crippen LogP contribution in [0.15, 0.2) is 72.4 Å². The molecule has 0 radical (unpaired) electrons. The first-order chi connectivity index (χ1) is 11.5. The van der Waals surface area contributed by atoms with Gasteiger partial charge < -0.3 is 5.32 Å². The summed E-state index contributed by atoms with van der Waals surface area (Å²) in [6, 6.07) is 0. The Balaban J connectivity index is 5.18. The fraction of sp³-hybridized carbons (Fsp3) is 0.333. The Morgan fingerprint density at radius 2 is 1.88 bits per heavy atom. The van der Waals surface area contributed by atoms with E-state index in [9.17, 15) is 9.59 Å². The van der Waals surface area contributed by atoms with E-state index in [4.69, 9.17) is 0 Å². The lowest BCUT2D eigenvalue weighted by Crippen LogP contribution is -2.21. The van der Waals surface area contributed by atoms with Crippen molar-refractivity contribution in [2.75, 3.05) is 6.54 Å². The first kappa shape index (κ1) is 21.6. The number of rotatable bonds is 11. The monoisotopic (exact) mass is 327 g/mol. The molecule has 0 unspecified atom stereocenters. The molecule has 0 heterocycles. The van der Waals surface area contributed by atoms with Crippen molar-refractivity contribution in [3.63, 3.8) is 0 Å². The molecule has 0 saturated carbocycles. The molecule has 0 fully saturated rings. The van der Waals surface area contributed by atoms with Crippen molar-refractivity contribution in [3.8, 4) is 0 Å². The van der Waals surface area contributed by atoms with E-state index < -0.39 is 0 Å². The van der Waals surface area contributed by atoms with Gasteiger partial charge >= 0.3 is 0 Å². The first-order valence-electron chi connectivity index (χ1n) is 8.27. The fourth-order valence-corrected chi connectivity index (χ4v) is 2.07. The summed E-state index contributed by atoms with van der Waals surface area (Å²) in [5.41, 5.74) is 2.41. The van der Waals surface area contributed by atoms with Crippen LogP contribution in [-0.4, -0.2) is 18.2 Å². The molecule has 24 heavy (non-hydrogen) atoms. The summed E-state index contributed by atoms with van der Waals surface area (Å²) in [5.74, 6) is -0.169. The summed E-state index contributed by atoms with van der Waals surface area (Å²) in [6.07, 6.45) is 14.9. The van der Waals surface area contributed by atoms with E-state index in [-0.39, 0.29) is 11.7 Å². The van der Waals surface area contributed by atoms with Crippen molar-refractivity contribution in [3.05, 3.63) is 72.4 Å². The highest BCUT2D eigenvalue weighted by Crippen LogP contribution is 2.16. The number of carbonyl (C=O) groups is 2. The number of allylic oxidation sites excluding steroid dienone is 9. The van der Waals surface area contributed by atoms with Crippen LogP contribution in [0.2, 0.25) is 0 Å². The molecular formula is C21H29NO2. The molecule has 0 aliphatic carbocycles. The Kier molecular flexibility index (Phi) is 11.7. The second-order valence-electron chi connectivity index (χ2n) is 5.26. The third kappa shape index (κ3) is 8.89. The zero-order valence-corrected chi connectivity index (χ0v) is 15.1. The average Bonchev–Trinajstić information content (AvgIpc) is 2.56. The van der Waals surface area contributed by atoms with Crippen LogP contribution in [-0.2, 0) is 9.59 Å². The molecule has 3 heteroatoms. The van der Waals surface area contributed by atoms with Gasteiger partial charge in [-0.2, -0.15) is 0 Å². The molecule has 0 aromatic carbocycles. The number of hydrogen-bond acceptors (Lipinski definition) is 2. The van der Waals surface area contributed by atoms with Gasteiger partial charge in [0, 0.05) is 19.0 Å². The number of amides is 1. The minimum atomic E-state index is -0.0879. The molecule has 0 atom stereocenters. The first-order valence-corrected chi connectivity index (χ1v) is 8.27. The molecule has 0 spiro atoms. The van der Waals surface area contributed by atoms with Gasteiger partial charge in [-0.1, -0.05) is 63.0 Å². The molecule has 0 aliphatic heterocycles. The lowest BCUT2D eigenvalue weighted by atomic mass is 9.97.